The van der Waals surface area contributed by atoms with Crippen molar-refractivity contribution in [3.63, 3.8) is 0 Å². The van der Waals surface area contributed by atoms with Crippen molar-refractivity contribution in [3.8, 4) is 17.3 Å². The average Bonchev–Trinajstić information content (AvgIpc) is 3.68. The molecule has 0 aliphatic carbocycles. The number of aromatic nitrogens is 5. The molecule has 4 aromatic rings. The molecule has 1 unspecified atom stereocenters. The van der Waals surface area contributed by atoms with Crippen molar-refractivity contribution in [3.05, 3.63) is 34.9 Å². The molecule has 46 heavy (non-hydrogen) atoms. The highest BCUT2D eigenvalue weighted by atomic mass is 35.5. The van der Waals surface area contributed by atoms with Gasteiger partial charge in [-0.05, 0) is 43.9 Å². The van der Waals surface area contributed by atoms with Gasteiger partial charge >= 0.3 is 12.2 Å². The molecule has 0 saturated carbocycles. The van der Waals surface area contributed by atoms with E-state index in [9.17, 15) is 9.18 Å². The Labute approximate surface area is 268 Å². The number of hydrogen-bond donors (Lipinski definition) is 1. The third-order valence-electron chi connectivity index (χ3n) is 9.99. The van der Waals surface area contributed by atoms with Crippen LogP contribution in [0.5, 0.6) is 6.01 Å². The second-order valence-electron chi connectivity index (χ2n) is 12.9. The van der Waals surface area contributed by atoms with Crippen LogP contribution in [0.1, 0.15) is 44.1 Å². The van der Waals surface area contributed by atoms with Crippen LogP contribution in [0.25, 0.3) is 33.1 Å². The number of nitrogens with one attached hydrogen (secondary N) is 1. The predicted molar refractivity (Wildman–Crippen MR) is 166 cm³/mol. The Kier molecular flexibility index (Phi) is 7.55. The van der Waals surface area contributed by atoms with Crippen LogP contribution in [0, 0.1) is 11.7 Å². The van der Waals surface area contributed by atoms with Crippen molar-refractivity contribution in [2.75, 3.05) is 50.9 Å². The monoisotopic (exact) mass is 653 g/mol. The molecule has 1 aromatic carbocycles. The number of halogens is 3. The SMILES string of the molecule is O=C1OCCc2c(Cl)cc3[nH]ncc3c2-c2ncc3c(nc(OC[C@@]45CCCN4C[C@H](F)C5)nc3c2F)N2CCCCC(CO1)C2. The minimum atomic E-state index is -0.907. The Morgan fingerprint density at radius 3 is 2.96 bits per heavy atom. The topological polar surface area (TPSA) is 119 Å². The summed E-state index contributed by atoms with van der Waals surface area (Å²) in [5.74, 6) is -0.152. The maximum absolute atomic E-state index is 17.0. The maximum atomic E-state index is 17.0. The fourth-order valence-corrected chi connectivity index (χ4v) is 8.09. The number of aromatic amines is 1. The Bertz CT molecular complexity index is 1820. The summed E-state index contributed by atoms with van der Waals surface area (Å²) in [4.78, 5) is 30.9. The first kappa shape index (κ1) is 29.6. The highest BCUT2D eigenvalue weighted by molar-refractivity contribution is 6.33. The van der Waals surface area contributed by atoms with Crippen molar-refractivity contribution in [2.45, 2.75) is 56.7 Å². The molecule has 3 saturated heterocycles. The molecule has 5 aliphatic heterocycles. The number of benzene rings is 1. The van der Waals surface area contributed by atoms with Crippen LogP contribution in [0.2, 0.25) is 5.02 Å². The smallest absolute Gasteiger partial charge is 0.461 e. The average molecular weight is 654 g/mol. The quantitative estimate of drug-likeness (QED) is 0.279. The molecule has 8 heterocycles. The van der Waals surface area contributed by atoms with Gasteiger partial charge < -0.3 is 19.1 Å². The fraction of sp³-hybridized carbons (Fsp3) is 0.531. The summed E-state index contributed by atoms with van der Waals surface area (Å²) in [6.07, 6.45) is 6.55. The van der Waals surface area contributed by atoms with Gasteiger partial charge in [0, 0.05) is 60.6 Å². The van der Waals surface area contributed by atoms with E-state index in [4.69, 9.17) is 30.8 Å². The molecule has 1 N–H and O–H groups in total. The van der Waals surface area contributed by atoms with E-state index >= 15 is 4.39 Å². The summed E-state index contributed by atoms with van der Waals surface area (Å²) < 4.78 is 48.7. The Balaban J connectivity index is 1.29. The van der Waals surface area contributed by atoms with Crippen molar-refractivity contribution in [2.24, 2.45) is 5.92 Å². The van der Waals surface area contributed by atoms with E-state index in [2.05, 4.69) is 30.0 Å². The second-order valence-corrected chi connectivity index (χ2v) is 13.3. The number of H-pyrrole nitrogens is 1. The van der Waals surface area contributed by atoms with Crippen molar-refractivity contribution in [1.29, 1.82) is 0 Å². The van der Waals surface area contributed by atoms with Gasteiger partial charge in [0.1, 0.15) is 29.8 Å². The minimum absolute atomic E-state index is 0.00452. The third kappa shape index (κ3) is 5.17. The van der Waals surface area contributed by atoms with E-state index in [1.807, 2.05) is 0 Å². The molecule has 9 rings (SSSR count). The zero-order valence-electron chi connectivity index (χ0n) is 25.2. The van der Waals surface area contributed by atoms with E-state index in [0.717, 1.165) is 38.6 Å². The van der Waals surface area contributed by atoms with E-state index in [-0.39, 0.29) is 49.4 Å². The maximum Gasteiger partial charge on any atom is 0.508 e. The van der Waals surface area contributed by atoms with Crippen molar-refractivity contribution < 1.29 is 27.8 Å². The standard InChI is InChI=1S/C32H34ClF2N7O4/c33-23-10-24-21(13-37-40-24)25-20(23)5-9-44-31(43)45-16-18-4-1-2-7-41(14-18)29-22-12-36-28(25)26(35)27(22)38-30(39-29)46-17-32-6-3-8-42(32)15-19(34)11-32/h10,12-13,18-19H,1-9,11,14-17H2,(H,37,40)/t18?,19-,32+/m1/s1. The Hall–Kier alpha value is -3.84. The van der Waals surface area contributed by atoms with Gasteiger partial charge in [0.25, 0.3) is 0 Å². The lowest BCUT2D eigenvalue weighted by molar-refractivity contribution is 0.0450. The van der Waals surface area contributed by atoms with Crippen LogP contribution >= 0.6 is 11.6 Å². The summed E-state index contributed by atoms with van der Waals surface area (Å²) in [5.41, 5.74) is 1.26. The molecule has 3 fully saturated rings. The zero-order valence-corrected chi connectivity index (χ0v) is 26.0. The molecule has 5 aliphatic rings. The van der Waals surface area contributed by atoms with E-state index < -0.39 is 23.7 Å². The summed E-state index contributed by atoms with van der Waals surface area (Å²) in [7, 11) is 0. The summed E-state index contributed by atoms with van der Waals surface area (Å²) in [6, 6.07) is 1.74. The lowest BCUT2D eigenvalue weighted by Gasteiger charge is -2.31. The van der Waals surface area contributed by atoms with Crippen LogP contribution < -0.4 is 9.64 Å². The summed E-state index contributed by atoms with van der Waals surface area (Å²) in [5, 5.41) is 8.46. The second kappa shape index (κ2) is 11.8. The predicted octanol–water partition coefficient (Wildman–Crippen LogP) is 5.63. The fourth-order valence-electron chi connectivity index (χ4n) is 7.79. The van der Waals surface area contributed by atoms with Gasteiger partial charge in [-0.1, -0.05) is 18.0 Å². The number of pyridine rings is 1. The molecule has 0 radical (unpaired) electrons. The van der Waals surface area contributed by atoms with Crippen LogP contribution in [0.3, 0.4) is 0 Å². The minimum Gasteiger partial charge on any atom is -0.461 e. The highest BCUT2D eigenvalue weighted by Crippen LogP contribution is 2.42. The van der Waals surface area contributed by atoms with Crippen LogP contribution in [0.4, 0.5) is 19.4 Å². The molecule has 0 amide bonds. The lowest BCUT2D eigenvalue weighted by atomic mass is 9.95. The number of nitrogens with zero attached hydrogens (tertiary/aromatic N) is 6. The molecule has 11 nitrogen and oxygen atoms in total. The van der Waals surface area contributed by atoms with Gasteiger partial charge in [0.15, 0.2) is 5.82 Å². The first-order valence-corrected chi connectivity index (χ1v) is 16.3. The molecular formula is C32H34ClF2N7O4. The molecule has 3 atom stereocenters. The molecule has 3 aromatic heterocycles. The molecule has 14 heteroatoms. The van der Waals surface area contributed by atoms with Gasteiger partial charge in [-0.2, -0.15) is 15.1 Å². The van der Waals surface area contributed by atoms with Gasteiger partial charge in [0.05, 0.1) is 35.9 Å². The van der Waals surface area contributed by atoms with Crippen LogP contribution in [0.15, 0.2) is 18.5 Å². The third-order valence-corrected chi connectivity index (χ3v) is 10.3. The van der Waals surface area contributed by atoms with E-state index in [1.54, 1.807) is 18.5 Å². The van der Waals surface area contributed by atoms with Gasteiger partial charge in [-0.3, -0.25) is 15.0 Å². The lowest BCUT2D eigenvalue weighted by Crippen LogP contribution is -2.43. The number of hydrogen-bond acceptors (Lipinski definition) is 10. The number of carbonyl (C=O) groups is 1. The Morgan fingerprint density at radius 2 is 2.04 bits per heavy atom. The highest BCUT2D eigenvalue weighted by Gasteiger charge is 2.49. The zero-order chi connectivity index (χ0) is 31.4. The van der Waals surface area contributed by atoms with Crippen molar-refractivity contribution in [1.82, 2.24) is 30.0 Å². The normalized spacial score (nSPS) is 25.5. The Morgan fingerprint density at radius 1 is 1.13 bits per heavy atom. The first-order valence-electron chi connectivity index (χ1n) is 16.0. The number of rotatable bonds is 3. The summed E-state index contributed by atoms with van der Waals surface area (Å²) in [6.45, 7) is 2.77. The number of fused-ring (bicyclic) bond motifs is 8. The van der Waals surface area contributed by atoms with E-state index in [0.29, 0.717) is 64.3 Å². The van der Waals surface area contributed by atoms with Crippen molar-refractivity contribution >= 4 is 45.4 Å². The number of alkyl halides is 1. The molecule has 0 spiro atoms. The first-order chi connectivity index (χ1) is 22.4. The van der Waals surface area contributed by atoms with Gasteiger partial charge in [-0.25, -0.2) is 13.6 Å². The molecule has 242 valence electrons. The van der Waals surface area contributed by atoms with Crippen LogP contribution in [-0.2, 0) is 15.9 Å². The van der Waals surface area contributed by atoms with Crippen LogP contribution in [-0.4, -0.2) is 93.9 Å². The van der Waals surface area contributed by atoms with Gasteiger partial charge in [-0.15, -0.1) is 0 Å². The van der Waals surface area contributed by atoms with E-state index in [1.165, 1.54) is 0 Å². The number of carbonyl (C=O) groups excluding carboxylic acids is 1. The largest absolute Gasteiger partial charge is 0.508 e. The van der Waals surface area contributed by atoms with Gasteiger partial charge in [0.2, 0.25) is 0 Å². The number of ether oxygens (including phenoxy) is 3. The molecule has 6 bridgehead atoms. The summed E-state index contributed by atoms with van der Waals surface area (Å²) >= 11 is 6.73. The number of anilines is 1. The molecular weight excluding hydrogens is 620 g/mol.